The number of hydrogen-bond donors (Lipinski definition) is 1. The van der Waals surface area contributed by atoms with Crippen LogP contribution in [0.5, 0.6) is 5.75 Å². The Morgan fingerprint density at radius 3 is 3.11 bits per heavy atom. The quantitative estimate of drug-likeness (QED) is 0.762. The SMILES string of the molecule is COc1ccc2oc(N3CCCC(CC(=O)NCC4=CCCCC4)C3)nc2c1. The zero-order chi connectivity index (χ0) is 19.3. The number of piperidine rings is 1. The maximum atomic E-state index is 12.4. The van der Waals surface area contributed by atoms with Crippen LogP contribution in [0.4, 0.5) is 6.01 Å². The van der Waals surface area contributed by atoms with Crippen molar-refractivity contribution in [1.82, 2.24) is 10.3 Å². The first-order valence-corrected chi connectivity index (χ1v) is 10.4. The van der Waals surface area contributed by atoms with E-state index in [1.165, 1.54) is 18.4 Å². The Morgan fingerprint density at radius 2 is 2.29 bits per heavy atom. The molecule has 1 N–H and O–H groups in total. The van der Waals surface area contributed by atoms with Gasteiger partial charge in [0.25, 0.3) is 6.01 Å². The van der Waals surface area contributed by atoms with E-state index in [0.29, 0.717) is 24.9 Å². The van der Waals surface area contributed by atoms with E-state index in [4.69, 9.17) is 9.15 Å². The smallest absolute Gasteiger partial charge is 0.298 e. The normalized spacial score (nSPS) is 20.1. The van der Waals surface area contributed by atoms with Crippen LogP contribution >= 0.6 is 0 Å². The molecule has 0 bridgehead atoms. The third kappa shape index (κ3) is 4.49. The van der Waals surface area contributed by atoms with Gasteiger partial charge in [-0.05, 0) is 56.6 Å². The van der Waals surface area contributed by atoms with E-state index < -0.39 is 0 Å². The number of methoxy groups -OCH3 is 1. The van der Waals surface area contributed by atoms with Gasteiger partial charge in [-0.25, -0.2) is 0 Å². The Morgan fingerprint density at radius 1 is 1.36 bits per heavy atom. The van der Waals surface area contributed by atoms with Gasteiger partial charge in [0, 0.05) is 32.1 Å². The van der Waals surface area contributed by atoms with Gasteiger partial charge in [-0.2, -0.15) is 4.98 Å². The van der Waals surface area contributed by atoms with Crippen molar-refractivity contribution in [2.45, 2.75) is 44.9 Å². The Kier molecular flexibility index (Phi) is 5.84. The first kappa shape index (κ1) is 18.8. The number of amides is 1. The summed E-state index contributed by atoms with van der Waals surface area (Å²) in [5.74, 6) is 1.26. The number of nitrogens with zero attached hydrogens (tertiary/aromatic N) is 2. The lowest BCUT2D eigenvalue weighted by Crippen LogP contribution is -2.38. The molecule has 1 aliphatic heterocycles. The lowest BCUT2D eigenvalue weighted by atomic mass is 9.94. The van der Waals surface area contributed by atoms with Crippen LogP contribution in [0.3, 0.4) is 0 Å². The number of carbonyl (C=O) groups is 1. The molecule has 1 fully saturated rings. The van der Waals surface area contributed by atoms with Crippen molar-refractivity contribution in [2.24, 2.45) is 5.92 Å². The highest BCUT2D eigenvalue weighted by molar-refractivity contribution is 5.77. The molecule has 28 heavy (non-hydrogen) atoms. The van der Waals surface area contributed by atoms with Crippen LogP contribution in [0.1, 0.15) is 44.9 Å². The molecule has 1 saturated heterocycles. The average molecular weight is 383 g/mol. The van der Waals surface area contributed by atoms with Crippen molar-refractivity contribution >= 4 is 23.0 Å². The van der Waals surface area contributed by atoms with Crippen LogP contribution in [0.2, 0.25) is 0 Å². The standard InChI is InChI=1S/C22H29N3O3/c1-27-18-9-10-20-19(13-18)24-22(28-20)25-11-5-8-17(15-25)12-21(26)23-14-16-6-3-2-4-7-16/h6,9-10,13,17H,2-5,7-8,11-12,14-15H2,1H3,(H,23,26). The van der Waals surface area contributed by atoms with E-state index in [1.807, 2.05) is 18.2 Å². The minimum Gasteiger partial charge on any atom is -0.497 e. The second-order valence-electron chi connectivity index (χ2n) is 7.87. The van der Waals surface area contributed by atoms with Crippen molar-refractivity contribution in [1.29, 1.82) is 0 Å². The summed E-state index contributed by atoms with van der Waals surface area (Å²) in [5.41, 5.74) is 2.94. The van der Waals surface area contributed by atoms with E-state index in [1.54, 1.807) is 7.11 Å². The fraction of sp³-hybridized carbons (Fsp3) is 0.545. The van der Waals surface area contributed by atoms with Crippen molar-refractivity contribution in [3.63, 3.8) is 0 Å². The third-order valence-electron chi connectivity index (χ3n) is 5.74. The summed E-state index contributed by atoms with van der Waals surface area (Å²) < 4.78 is 11.2. The molecule has 1 aromatic carbocycles. The van der Waals surface area contributed by atoms with Crippen LogP contribution in [0.15, 0.2) is 34.3 Å². The summed E-state index contributed by atoms with van der Waals surface area (Å²) in [4.78, 5) is 19.2. The molecule has 4 rings (SSSR count). The largest absolute Gasteiger partial charge is 0.497 e. The lowest BCUT2D eigenvalue weighted by Gasteiger charge is -2.31. The molecule has 1 aromatic heterocycles. The molecule has 150 valence electrons. The fourth-order valence-corrected chi connectivity index (χ4v) is 4.17. The number of benzene rings is 1. The molecular weight excluding hydrogens is 354 g/mol. The summed E-state index contributed by atoms with van der Waals surface area (Å²) >= 11 is 0. The van der Waals surface area contributed by atoms with Crippen molar-refractivity contribution in [3.8, 4) is 5.75 Å². The number of hydrogen-bond acceptors (Lipinski definition) is 5. The zero-order valence-corrected chi connectivity index (χ0v) is 16.6. The number of rotatable bonds is 6. The molecule has 0 spiro atoms. The van der Waals surface area contributed by atoms with Crippen LogP contribution in [-0.2, 0) is 4.79 Å². The molecule has 6 heteroatoms. The average Bonchev–Trinajstić information content (AvgIpc) is 3.16. The topological polar surface area (TPSA) is 67.6 Å². The maximum absolute atomic E-state index is 12.4. The molecule has 0 radical (unpaired) electrons. The monoisotopic (exact) mass is 383 g/mol. The van der Waals surface area contributed by atoms with Gasteiger partial charge in [0.05, 0.1) is 7.11 Å². The molecule has 1 aliphatic carbocycles. The number of fused-ring (bicyclic) bond motifs is 1. The van der Waals surface area contributed by atoms with Crippen LogP contribution in [0, 0.1) is 5.92 Å². The third-order valence-corrected chi connectivity index (χ3v) is 5.74. The number of carbonyl (C=O) groups excluding carboxylic acids is 1. The fourth-order valence-electron chi connectivity index (χ4n) is 4.17. The molecule has 2 aromatic rings. The molecule has 2 aliphatic rings. The Hall–Kier alpha value is -2.50. The predicted octanol–water partition coefficient (Wildman–Crippen LogP) is 4.06. The molecule has 1 amide bonds. The van der Waals surface area contributed by atoms with Gasteiger partial charge < -0.3 is 19.4 Å². The first-order chi connectivity index (χ1) is 13.7. The highest BCUT2D eigenvalue weighted by Gasteiger charge is 2.25. The van der Waals surface area contributed by atoms with Gasteiger partial charge in [0.15, 0.2) is 5.58 Å². The van der Waals surface area contributed by atoms with E-state index in [9.17, 15) is 4.79 Å². The summed E-state index contributed by atoms with van der Waals surface area (Å²) in [5, 5.41) is 3.11. The van der Waals surface area contributed by atoms with E-state index >= 15 is 0 Å². The van der Waals surface area contributed by atoms with Crippen LogP contribution in [0.25, 0.3) is 11.1 Å². The van der Waals surface area contributed by atoms with Crippen molar-refractivity contribution < 1.29 is 13.9 Å². The van der Waals surface area contributed by atoms with E-state index in [-0.39, 0.29) is 5.91 Å². The number of anilines is 1. The van der Waals surface area contributed by atoms with Gasteiger partial charge in [0.2, 0.25) is 5.91 Å². The van der Waals surface area contributed by atoms with Gasteiger partial charge >= 0.3 is 0 Å². The predicted molar refractivity (Wildman–Crippen MR) is 110 cm³/mol. The maximum Gasteiger partial charge on any atom is 0.298 e. The highest BCUT2D eigenvalue weighted by Crippen LogP contribution is 2.29. The summed E-state index contributed by atoms with van der Waals surface area (Å²) in [6.07, 6.45) is 9.77. The summed E-state index contributed by atoms with van der Waals surface area (Å²) in [6.45, 7) is 2.43. The Bertz CT molecular complexity index is 858. The first-order valence-electron chi connectivity index (χ1n) is 10.4. The lowest BCUT2D eigenvalue weighted by molar-refractivity contribution is -0.121. The molecule has 1 atom stereocenters. The second-order valence-corrected chi connectivity index (χ2v) is 7.87. The molecule has 2 heterocycles. The number of allylic oxidation sites excluding steroid dienone is 1. The molecule has 1 unspecified atom stereocenters. The minimum atomic E-state index is 0.153. The number of ether oxygens (including phenoxy) is 1. The van der Waals surface area contributed by atoms with Gasteiger partial charge in [-0.15, -0.1) is 0 Å². The molecule has 0 saturated carbocycles. The zero-order valence-electron chi connectivity index (χ0n) is 16.6. The number of nitrogens with one attached hydrogen (secondary N) is 1. The molecule has 6 nitrogen and oxygen atoms in total. The van der Waals surface area contributed by atoms with Gasteiger partial charge in [-0.3, -0.25) is 4.79 Å². The Balaban J connectivity index is 1.33. The summed E-state index contributed by atoms with van der Waals surface area (Å²) in [6, 6.07) is 6.29. The Labute approximate surface area is 165 Å². The van der Waals surface area contributed by atoms with Gasteiger partial charge in [0.1, 0.15) is 11.3 Å². The van der Waals surface area contributed by atoms with Crippen molar-refractivity contribution in [2.75, 3.05) is 31.6 Å². The van der Waals surface area contributed by atoms with Crippen LogP contribution < -0.4 is 15.0 Å². The van der Waals surface area contributed by atoms with E-state index in [0.717, 1.165) is 55.6 Å². The number of oxazole rings is 1. The highest BCUT2D eigenvalue weighted by atomic mass is 16.5. The summed E-state index contributed by atoms with van der Waals surface area (Å²) in [7, 11) is 1.65. The van der Waals surface area contributed by atoms with E-state index in [2.05, 4.69) is 21.3 Å². The number of aromatic nitrogens is 1. The second kappa shape index (κ2) is 8.67. The van der Waals surface area contributed by atoms with Crippen molar-refractivity contribution in [3.05, 3.63) is 29.8 Å². The van der Waals surface area contributed by atoms with Crippen LogP contribution in [-0.4, -0.2) is 37.6 Å². The molecular formula is C22H29N3O3. The van der Waals surface area contributed by atoms with Gasteiger partial charge in [-0.1, -0.05) is 11.6 Å². The minimum absolute atomic E-state index is 0.153.